The lowest BCUT2D eigenvalue weighted by molar-refractivity contribution is 0.886. The van der Waals surface area contributed by atoms with E-state index in [-0.39, 0.29) is 0 Å². The lowest BCUT2D eigenvalue weighted by atomic mass is 10.2. The van der Waals surface area contributed by atoms with E-state index in [1.54, 1.807) is 0 Å². The fraction of sp³-hybridized carbons (Fsp3) is 0.500. The molecule has 0 nitrogen and oxygen atoms in total. The zero-order chi connectivity index (χ0) is 9.64. The van der Waals surface area contributed by atoms with Crippen LogP contribution in [-0.4, -0.2) is 0 Å². The van der Waals surface area contributed by atoms with E-state index in [0.717, 1.165) is 0 Å². The molecule has 1 fully saturated rings. The van der Waals surface area contributed by atoms with Gasteiger partial charge < -0.3 is 0 Å². The van der Waals surface area contributed by atoms with Gasteiger partial charge in [0.05, 0.1) is 0 Å². The average Bonchev–Trinajstić information content (AvgIpc) is 2.92. The number of benzene rings is 1. The van der Waals surface area contributed by atoms with Gasteiger partial charge in [-0.05, 0) is 11.6 Å². The fourth-order valence-corrected chi connectivity index (χ4v) is 4.21. The van der Waals surface area contributed by atoms with Gasteiger partial charge in [0.2, 0.25) is 0 Å². The molecule has 0 atom stereocenters. The number of hydrogen-bond donors (Lipinski definition) is 0. The van der Waals surface area contributed by atoms with Crippen LogP contribution < -0.4 is 0 Å². The molecule has 1 aromatic rings. The van der Waals surface area contributed by atoms with Gasteiger partial charge in [0.1, 0.15) is 0 Å². The van der Waals surface area contributed by atoms with Crippen molar-refractivity contribution in [2.75, 3.05) is 0 Å². The van der Waals surface area contributed by atoms with Crippen LogP contribution in [0.4, 0.5) is 0 Å². The van der Waals surface area contributed by atoms with Gasteiger partial charge in [0.15, 0.2) is 0 Å². The van der Waals surface area contributed by atoms with E-state index >= 15 is 0 Å². The molecule has 1 heterocycles. The highest BCUT2D eigenvalue weighted by Gasteiger charge is 2.09. The SMILES string of the molecule is C1CCCC1.c1ccc2c(c1)CSS2. The molecule has 1 aliphatic heterocycles. The zero-order valence-electron chi connectivity index (χ0n) is 8.37. The van der Waals surface area contributed by atoms with E-state index in [4.69, 9.17) is 0 Å². The first-order valence-corrected chi connectivity index (χ1v) is 7.66. The molecule has 0 N–H and O–H groups in total. The van der Waals surface area contributed by atoms with Crippen molar-refractivity contribution in [2.45, 2.75) is 42.8 Å². The third-order valence-electron chi connectivity index (χ3n) is 2.59. The van der Waals surface area contributed by atoms with Crippen LogP contribution in [0.15, 0.2) is 29.2 Å². The first-order valence-electron chi connectivity index (χ1n) is 5.34. The van der Waals surface area contributed by atoms with Gasteiger partial charge in [-0.25, -0.2) is 0 Å². The van der Waals surface area contributed by atoms with Crippen molar-refractivity contribution in [3.8, 4) is 0 Å². The summed E-state index contributed by atoms with van der Waals surface area (Å²) < 4.78 is 0. The molecule has 0 spiro atoms. The molecule has 0 unspecified atom stereocenters. The molecule has 14 heavy (non-hydrogen) atoms. The molecule has 76 valence electrons. The Morgan fingerprint density at radius 1 is 0.857 bits per heavy atom. The summed E-state index contributed by atoms with van der Waals surface area (Å²) in [4.78, 5) is 1.45. The number of hydrogen-bond acceptors (Lipinski definition) is 2. The molecule has 1 saturated carbocycles. The molecule has 0 saturated heterocycles. The Balaban J connectivity index is 0.000000128. The molecule has 0 aromatic heterocycles. The summed E-state index contributed by atoms with van der Waals surface area (Å²) in [6.07, 6.45) is 7.50. The second kappa shape index (κ2) is 5.72. The van der Waals surface area contributed by atoms with Gasteiger partial charge in [0.25, 0.3) is 0 Å². The third kappa shape index (κ3) is 2.96. The summed E-state index contributed by atoms with van der Waals surface area (Å²) in [5.74, 6) is 1.18. The second-order valence-corrected chi connectivity index (χ2v) is 6.06. The molecule has 2 aliphatic rings. The summed E-state index contributed by atoms with van der Waals surface area (Å²) in [5.41, 5.74) is 1.49. The van der Waals surface area contributed by atoms with Crippen LogP contribution in [-0.2, 0) is 5.75 Å². The second-order valence-electron chi connectivity index (χ2n) is 3.72. The van der Waals surface area contributed by atoms with E-state index in [1.165, 1.54) is 48.3 Å². The minimum atomic E-state index is 1.18. The molecule has 0 bridgehead atoms. The largest absolute Gasteiger partial charge is 0.0841 e. The predicted octanol–water partition coefficient (Wildman–Crippen LogP) is 4.89. The van der Waals surface area contributed by atoms with Crippen LogP contribution in [0.3, 0.4) is 0 Å². The first-order chi connectivity index (χ1) is 6.97. The zero-order valence-corrected chi connectivity index (χ0v) is 10.0. The molecular weight excluding hydrogens is 208 g/mol. The highest BCUT2D eigenvalue weighted by molar-refractivity contribution is 8.76. The van der Waals surface area contributed by atoms with Crippen molar-refractivity contribution in [3.05, 3.63) is 29.8 Å². The van der Waals surface area contributed by atoms with Crippen LogP contribution in [0, 0.1) is 0 Å². The first kappa shape index (κ1) is 10.4. The van der Waals surface area contributed by atoms with Crippen molar-refractivity contribution in [1.29, 1.82) is 0 Å². The standard InChI is InChI=1S/C7H6S2.C5H10/c1-2-4-7-6(3-1)5-8-9-7;1-2-4-5-3-1/h1-4H,5H2;1-5H2. The van der Waals surface area contributed by atoms with E-state index in [2.05, 4.69) is 24.3 Å². The minimum absolute atomic E-state index is 1.18. The lowest BCUT2D eigenvalue weighted by Gasteiger charge is -1.90. The number of fused-ring (bicyclic) bond motifs is 1. The van der Waals surface area contributed by atoms with Crippen molar-refractivity contribution in [3.63, 3.8) is 0 Å². The van der Waals surface area contributed by atoms with Gasteiger partial charge in [-0.15, -0.1) is 0 Å². The van der Waals surface area contributed by atoms with E-state index < -0.39 is 0 Å². The van der Waals surface area contributed by atoms with Crippen LogP contribution in [0.1, 0.15) is 37.7 Å². The predicted molar refractivity (Wildman–Crippen MR) is 66.7 cm³/mol. The Morgan fingerprint density at radius 3 is 2.14 bits per heavy atom. The normalized spacial score (nSPS) is 18.6. The molecule has 1 aliphatic carbocycles. The molecule has 3 rings (SSSR count). The average molecular weight is 224 g/mol. The summed E-state index contributed by atoms with van der Waals surface area (Å²) >= 11 is 0. The number of rotatable bonds is 0. The van der Waals surface area contributed by atoms with Gasteiger partial charge in [-0.1, -0.05) is 71.9 Å². The summed E-state index contributed by atoms with van der Waals surface area (Å²) in [6, 6.07) is 8.57. The van der Waals surface area contributed by atoms with E-state index in [1.807, 2.05) is 21.6 Å². The molecule has 2 heteroatoms. The Morgan fingerprint density at radius 2 is 1.50 bits per heavy atom. The van der Waals surface area contributed by atoms with Crippen LogP contribution in [0.2, 0.25) is 0 Å². The maximum atomic E-state index is 2.20. The topological polar surface area (TPSA) is 0 Å². The monoisotopic (exact) mass is 224 g/mol. The minimum Gasteiger partial charge on any atom is -0.0841 e. The fourth-order valence-electron chi connectivity index (χ4n) is 1.74. The Hall–Kier alpha value is -0.0800. The van der Waals surface area contributed by atoms with Gasteiger partial charge in [-0.2, -0.15) is 0 Å². The van der Waals surface area contributed by atoms with Gasteiger partial charge >= 0.3 is 0 Å². The smallest absolute Gasteiger partial charge is 0.0303 e. The maximum absolute atomic E-state index is 2.20. The Labute approximate surface area is 94.3 Å². The van der Waals surface area contributed by atoms with Gasteiger partial charge in [0, 0.05) is 10.6 Å². The third-order valence-corrected chi connectivity index (χ3v) is 4.96. The van der Waals surface area contributed by atoms with Crippen molar-refractivity contribution < 1.29 is 0 Å². The highest BCUT2D eigenvalue weighted by atomic mass is 33.1. The van der Waals surface area contributed by atoms with E-state index in [0.29, 0.717) is 0 Å². The van der Waals surface area contributed by atoms with Crippen molar-refractivity contribution in [1.82, 2.24) is 0 Å². The maximum Gasteiger partial charge on any atom is 0.0303 e. The Kier molecular flexibility index (Phi) is 4.26. The molecule has 0 radical (unpaired) electrons. The highest BCUT2D eigenvalue weighted by Crippen LogP contribution is 2.43. The van der Waals surface area contributed by atoms with Crippen molar-refractivity contribution >= 4 is 21.6 Å². The Bertz CT molecular complexity index is 249. The molecule has 0 amide bonds. The van der Waals surface area contributed by atoms with Crippen LogP contribution >= 0.6 is 21.6 Å². The van der Waals surface area contributed by atoms with Gasteiger partial charge in [-0.3, -0.25) is 0 Å². The summed E-state index contributed by atoms with van der Waals surface area (Å²) in [6.45, 7) is 0. The lowest BCUT2D eigenvalue weighted by Crippen LogP contribution is -1.73. The summed E-state index contributed by atoms with van der Waals surface area (Å²) in [5, 5.41) is 0. The van der Waals surface area contributed by atoms with Crippen molar-refractivity contribution in [2.24, 2.45) is 0 Å². The molecular formula is C12H16S2. The van der Waals surface area contributed by atoms with E-state index in [9.17, 15) is 0 Å². The molecule has 1 aromatic carbocycles. The quantitative estimate of drug-likeness (QED) is 0.575. The van der Waals surface area contributed by atoms with Crippen LogP contribution in [0.25, 0.3) is 0 Å². The van der Waals surface area contributed by atoms with Crippen LogP contribution in [0.5, 0.6) is 0 Å². The summed E-state index contributed by atoms with van der Waals surface area (Å²) in [7, 11) is 3.80.